The molecule has 0 atom stereocenters. The van der Waals surface area contributed by atoms with Gasteiger partial charge in [-0.25, -0.2) is 0 Å². The first kappa shape index (κ1) is 31.4. The molecule has 0 unspecified atom stereocenters. The molecule has 0 radical (unpaired) electrons. The zero-order valence-corrected chi connectivity index (χ0v) is 27.4. The minimum atomic E-state index is 0.427. The Hall–Kier alpha value is -6.20. The maximum atomic E-state index is 6.37. The summed E-state index contributed by atoms with van der Waals surface area (Å²) in [6.07, 6.45) is 6.38. The van der Waals surface area contributed by atoms with E-state index in [-0.39, 0.29) is 0 Å². The van der Waals surface area contributed by atoms with Crippen molar-refractivity contribution < 1.29 is 18.9 Å². The molecule has 242 valence electrons. The molecule has 0 amide bonds. The molecule has 0 aromatic heterocycles. The van der Waals surface area contributed by atoms with Gasteiger partial charge in [-0.05, 0) is 76.4 Å². The molecule has 5 nitrogen and oxygen atoms in total. The fourth-order valence-electron chi connectivity index (χ4n) is 5.75. The lowest BCUT2D eigenvalue weighted by Gasteiger charge is -2.30. The van der Waals surface area contributed by atoms with Gasteiger partial charge < -0.3 is 23.8 Å². The Morgan fingerprint density at radius 1 is 0.531 bits per heavy atom. The van der Waals surface area contributed by atoms with Crippen LogP contribution in [0.1, 0.15) is 33.4 Å². The van der Waals surface area contributed by atoms with Gasteiger partial charge in [0.05, 0.1) is 12.8 Å². The van der Waals surface area contributed by atoms with Crippen LogP contribution in [-0.2, 0) is 19.8 Å². The number of rotatable bonds is 12. The second-order valence-electron chi connectivity index (χ2n) is 11.7. The van der Waals surface area contributed by atoms with Crippen LogP contribution in [-0.4, -0.2) is 7.11 Å². The maximum Gasteiger partial charge on any atom is 0.162 e. The molecule has 0 bridgehead atoms. The summed E-state index contributed by atoms with van der Waals surface area (Å²) in [6, 6.07) is 51.0. The minimum absolute atomic E-state index is 0.427. The molecule has 0 saturated carbocycles. The molecule has 0 spiro atoms. The Balaban J connectivity index is 1.29. The van der Waals surface area contributed by atoms with Crippen molar-refractivity contribution >= 4 is 23.5 Å². The number of benzene rings is 6. The van der Waals surface area contributed by atoms with E-state index in [2.05, 4.69) is 90.0 Å². The minimum Gasteiger partial charge on any atom is -0.493 e. The van der Waals surface area contributed by atoms with Crippen molar-refractivity contribution in [3.05, 3.63) is 191 Å². The molecule has 6 aromatic carbocycles. The molecule has 5 heteroatoms. The molecular weight excluding hydrogens is 606 g/mol. The Bertz CT molecular complexity index is 1980. The highest BCUT2D eigenvalue weighted by molar-refractivity contribution is 5.98. The lowest BCUT2D eigenvalue weighted by atomic mass is 9.97. The summed E-state index contributed by atoms with van der Waals surface area (Å²) in [7, 11) is 1.68. The third-order valence-electron chi connectivity index (χ3n) is 8.25. The molecule has 1 heterocycles. The Morgan fingerprint density at radius 3 is 1.57 bits per heavy atom. The first-order valence-corrected chi connectivity index (χ1v) is 16.3. The predicted octanol–water partition coefficient (Wildman–Crippen LogP) is 10.4. The van der Waals surface area contributed by atoms with Crippen molar-refractivity contribution in [3.8, 4) is 23.0 Å². The fourth-order valence-corrected chi connectivity index (χ4v) is 5.75. The van der Waals surface area contributed by atoms with E-state index < -0.39 is 0 Å². The van der Waals surface area contributed by atoms with Crippen molar-refractivity contribution in [1.82, 2.24) is 0 Å². The highest BCUT2D eigenvalue weighted by atomic mass is 16.5. The first-order valence-electron chi connectivity index (χ1n) is 16.3. The summed E-state index contributed by atoms with van der Waals surface area (Å²) in [6.45, 7) is 1.32. The largest absolute Gasteiger partial charge is 0.493 e. The zero-order valence-electron chi connectivity index (χ0n) is 27.4. The van der Waals surface area contributed by atoms with Crippen LogP contribution in [0.2, 0.25) is 0 Å². The zero-order chi connectivity index (χ0) is 33.3. The number of nitrogens with zero attached hydrogens (tertiary/aromatic N) is 1. The molecular formula is C44H37NO4. The van der Waals surface area contributed by atoms with E-state index in [0.29, 0.717) is 31.3 Å². The third-order valence-corrected chi connectivity index (χ3v) is 8.25. The normalized spacial score (nSPS) is 12.8. The standard InChI is InChI=1S/C44H37NO4/c1-46-43-27-37-22-23-45(38-20-12-5-13-21-38)42(41(37)29-44(43)49-32-35-18-10-4-11-19-35)26-36-24-39(47-30-33-14-6-2-7-15-33)28-40(25-36)48-31-34-16-8-3-9-17-34/h2-29H,30-32H2,1H3/b42-26+. The lowest BCUT2D eigenvalue weighted by molar-refractivity contribution is 0.284. The van der Waals surface area contributed by atoms with Crippen molar-refractivity contribution in [3.63, 3.8) is 0 Å². The number of methoxy groups -OCH3 is 1. The number of fused-ring (bicyclic) bond motifs is 1. The van der Waals surface area contributed by atoms with Gasteiger partial charge >= 0.3 is 0 Å². The number of para-hydroxylation sites is 1. The van der Waals surface area contributed by atoms with E-state index in [1.165, 1.54) is 0 Å². The maximum absolute atomic E-state index is 6.37. The van der Waals surface area contributed by atoms with Gasteiger partial charge in [0.25, 0.3) is 0 Å². The van der Waals surface area contributed by atoms with Crippen molar-refractivity contribution in [2.75, 3.05) is 12.0 Å². The van der Waals surface area contributed by atoms with Crippen LogP contribution in [0.3, 0.4) is 0 Å². The van der Waals surface area contributed by atoms with Crippen LogP contribution in [0.15, 0.2) is 158 Å². The molecule has 49 heavy (non-hydrogen) atoms. The SMILES string of the molecule is COc1cc2c(cc1OCc1ccccc1)/C(=C\c1cc(OCc3ccccc3)cc(OCc3ccccc3)c1)N(c1ccccc1)C=C2. The molecule has 0 N–H and O–H groups in total. The van der Waals surface area contributed by atoms with Gasteiger partial charge in [0.2, 0.25) is 0 Å². The van der Waals surface area contributed by atoms with Crippen LogP contribution >= 0.6 is 0 Å². The highest BCUT2D eigenvalue weighted by Gasteiger charge is 2.22. The van der Waals surface area contributed by atoms with Gasteiger partial charge in [-0.15, -0.1) is 0 Å². The third kappa shape index (κ3) is 7.86. The lowest BCUT2D eigenvalue weighted by Crippen LogP contribution is -2.18. The van der Waals surface area contributed by atoms with Crippen LogP contribution in [0, 0.1) is 0 Å². The number of anilines is 1. The van der Waals surface area contributed by atoms with Crippen LogP contribution in [0.5, 0.6) is 23.0 Å². The first-order chi connectivity index (χ1) is 24.2. The second kappa shape index (κ2) is 15.1. The topological polar surface area (TPSA) is 40.2 Å². The molecule has 7 rings (SSSR count). The Morgan fingerprint density at radius 2 is 1.04 bits per heavy atom. The van der Waals surface area contributed by atoms with Gasteiger partial charge in [0, 0.05) is 23.5 Å². The van der Waals surface area contributed by atoms with Crippen LogP contribution < -0.4 is 23.8 Å². The summed E-state index contributed by atoms with van der Waals surface area (Å²) < 4.78 is 24.9. The van der Waals surface area contributed by atoms with Crippen molar-refractivity contribution in [2.24, 2.45) is 0 Å². The molecule has 1 aliphatic rings. The van der Waals surface area contributed by atoms with Gasteiger partial charge in [-0.1, -0.05) is 109 Å². The van der Waals surface area contributed by atoms with E-state index in [4.69, 9.17) is 18.9 Å². The average Bonchev–Trinajstić information content (AvgIpc) is 3.17. The quantitative estimate of drug-likeness (QED) is 0.133. The van der Waals surface area contributed by atoms with Gasteiger partial charge in [0.15, 0.2) is 11.5 Å². The second-order valence-corrected chi connectivity index (χ2v) is 11.7. The monoisotopic (exact) mass is 643 g/mol. The summed E-state index contributed by atoms with van der Waals surface area (Å²) in [4.78, 5) is 2.19. The summed E-state index contributed by atoms with van der Waals surface area (Å²) >= 11 is 0. The van der Waals surface area contributed by atoms with Crippen LogP contribution in [0.25, 0.3) is 17.8 Å². The van der Waals surface area contributed by atoms with Crippen molar-refractivity contribution in [2.45, 2.75) is 19.8 Å². The predicted molar refractivity (Wildman–Crippen MR) is 198 cm³/mol. The number of hydrogen-bond acceptors (Lipinski definition) is 5. The van der Waals surface area contributed by atoms with Crippen molar-refractivity contribution in [1.29, 1.82) is 0 Å². The van der Waals surface area contributed by atoms with E-state index in [0.717, 1.165) is 56.3 Å². The van der Waals surface area contributed by atoms with Gasteiger partial charge in [-0.2, -0.15) is 0 Å². The fraction of sp³-hybridized carbons (Fsp3) is 0.0909. The average molecular weight is 644 g/mol. The smallest absolute Gasteiger partial charge is 0.162 e. The van der Waals surface area contributed by atoms with Crippen LogP contribution in [0.4, 0.5) is 5.69 Å². The van der Waals surface area contributed by atoms with E-state index >= 15 is 0 Å². The van der Waals surface area contributed by atoms with Gasteiger partial charge in [-0.3, -0.25) is 0 Å². The summed E-state index contributed by atoms with van der Waals surface area (Å²) in [5.74, 6) is 2.80. The molecule has 0 aliphatic carbocycles. The van der Waals surface area contributed by atoms with E-state index in [9.17, 15) is 0 Å². The van der Waals surface area contributed by atoms with E-state index in [1.807, 2.05) is 84.9 Å². The molecule has 0 saturated heterocycles. The summed E-state index contributed by atoms with van der Waals surface area (Å²) in [5.41, 5.74) is 8.26. The Kier molecular flexibility index (Phi) is 9.70. The van der Waals surface area contributed by atoms with E-state index in [1.54, 1.807) is 7.11 Å². The molecule has 1 aliphatic heterocycles. The van der Waals surface area contributed by atoms with Gasteiger partial charge in [0.1, 0.15) is 31.3 Å². The number of hydrogen-bond donors (Lipinski definition) is 0. The number of ether oxygens (including phenoxy) is 4. The Labute approximate surface area is 287 Å². The molecule has 6 aromatic rings. The highest BCUT2D eigenvalue weighted by Crippen LogP contribution is 2.41. The summed E-state index contributed by atoms with van der Waals surface area (Å²) in [5, 5.41) is 0. The molecule has 0 fully saturated rings.